The molecule has 0 unspecified atom stereocenters. The molecule has 0 saturated heterocycles. The van der Waals surface area contributed by atoms with Gasteiger partial charge in [0.25, 0.3) is 0 Å². The highest BCUT2D eigenvalue weighted by atomic mass is 35.5. The van der Waals surface area contributed by atoms with Crippen LogP contribution in [-0.2, 0) is 13.0 Å². The van der Waals surface area contributed by atoms with Crippen molar-refractivity contribution in [1.29, 1.82) is 0 Å². The van der Waals surface area contributed by atoms with E-state index in [0.29, 0.717) is 11.7 Å². The molecule has 2 heterocycles. The van der Waals surface area contributed by atoms with Crippen LogP contribution in [0.15, 0.2) is 60.4 Å². The molecule has 2 aromatic carbocycles. The molecule has 0 spiro atoms. The van der Waals surface area contributed by atoms with Crippen molar-refractivity contribution in [1.82, 2.24) is 15.5 Å². The fraction of sp³-hybridized carbons (Fsp3) is 0.318. The van der Waals surface area contributed by atoms with Gasteiger partial charge in [-0.2, -0.15) is 0 Å². The van der Waals surface area contributed by atoms with Gasteiger partial charge < -0.3 is 19.7 Å². The third-order valence-electron chi connectivity index (χ3n) is 5.09. The molecule has 0 bridgehead atoms. The fourth-order valence-electron chi connectivity index (χ4n) is 3.65. The minimum Gasteiger partial charge on any atom is -0.497 e. The molecule has 153 valence electrons. The summed E-state index contributed by atoms with van der Waals surface area (Å²) in [6.07, 6.45) is 3.63. The van der Waals surface area contributed by atoms with Crippen molar-refractivity contribution < 1.29 is 9.47 Å². The second-order valence-electron chi connectivity index (χ2n) is 6.96. The maximum atomic E-state index is 5.99. The topological polar surface area (TPSA) is 47.8 Å². The van der Waals surface area contributed by atoms with E-state index in [1.807, 2.05) is 30.5 Å². The van der Waals surface area contributed by atoms with Crippen LogP contribution in [0.4, 0.5) is 0 Å². The molecule has 2 aliphatic heterocycles. The Morgan fingerprint density at radius 1 is 1.24 bits per heavy atom. The Labute approximate surface area is 183 Å². The summed E-state index contributed by atoms with van der Waals surface area (Å²) in [4.78, 5) is 2.15. The van der Waals surface area contributed by atoms with Crippen molar-refractivity contribution in [2.45, 2.75) is 25.4 Å². The minimum absolute atomic E-state index is 0. The van der Waals surface area contributed by atoms with Crippen LogP contribution in [0.25, 0.3) is 0 Å². The largest absolute Gasteiger partial charge is 0.497 e. The van der Waals surface area contributed by atoms with Gasteiger partial charge in [0, 0.05) is 37.8 Å². The van der Waals surface area contributed by atoms with E-state index in [0.717, 1.165) is 48.7 Å². The number of halogens is 1. The molecule has 1 atom stereocenters. The Kier molecular flexibility index (Phi) is 7.36. The lowest BCUT2D eigenvalue weighted by Crippen LogP contribution is -2.44. The first-order chi connectivity index (χ1) is 13.7. The number of methoxy groups -OCH3 is 1. The van der Waals surface area contributed by atoms with Gasteiger partial charge in [-0.25, -0.2) is 5.32 Å². The molecule has 0 fully saturated rings. The number of rotatable bonds is 7. The van der Waals surface area contributed by atoms with Crippen molar-refractivity contribution in [2.75, 3.05) is 20.3 Å². The summed E-state index contributed by atoms with van der Waals surface area (Å²) >= 11 is 5.51. The Hall–Kier alpha value is -2.28. The lowest BCUT2D eigenvalue weighted by Gasteiger charge is -2.34. The smallest absolute Gasteiger partial charge is 0.200 e. The summed E-state index contributed by atoms with van der Waals surface area (Å²) < 4.78 is 11.3. The van der Waals surface area contributed by atoms with E-state index in [-0.39, 0.29) is 18.4 Å². The van der Waals surface area contributed by atoms with Crippen molar-refractivity contribution >= 4 is 29.7 Å². The van der Waals surface area contributed by atoms with Gasteiger partial charge in [-0.3, -0.25) is 0 Å². The van der Waals surface area contributed by atoms with Gasteiger partial charge in [-0.15, -0.1) is 12.4 Å². The first-order valence-corrected chi connectivity index (χ1v) is 9.93. The highest BCUT2D eigenvalue weighted by molar-refractivity contribution is 7.80. The van der Waals surface area contributed by atoms with Crippen LogP contribution < -0.4 is 20.1 Å². The second-order valence-corrected chi connectivity index (χ2v) is 7.32. The lowest BCUT2D eigenvalue weighted by molar-refractivity contribution is 0.195. The molecule has 7 heteroatoms. The molecular formula is C22H25ClN3O2S. The highest BCUT2D eigenvalue weighted by Crippen LogP contribution is 2.32. The molecule has 0 saturated carbocycles. The highest BCUT2D eigenvalue weighted by Gasteiger charge is 2.32. The molecule has 0 amide bonds. The molecule has 0 aliphatic carbocycles. The minimum atomic E-state index is 0. The van der Waals surface area contributed by atoms with Crippen molar-refractivity contribution in [3.63, 3.8) is 0 Å². The molecule has 0 aromatic heterocycles. The Morgan fingerprint density at radius 2 is 2.07 bits per heavy atom. The van der Waals surface area contributed by atoms with Gasteiger partial charge in [0.15, 0.2) is 5.11 Å². The first kappa shape index (κ1) is 21.4. The molecule has 29 heavy (non-hydrogen) atoms. The first-order valence-electron chi connectivity index (χ1n) is 9.52. The van der Waals surface area contributed by atoms with Gasteiger partial charge in [0.2, 0.25) is 0 Å². The van der Waals surface area contributed by atoms with Crippen LogP contribution in [0.1, 0.15) is 17.5 Å². The zero-order valence-electron chi connectivity index (χ0n) is 16.3. The van der Waals surface area contributed by atoms with Crippen LogP contribution >= 0.6 is 24.6 Å². The zero-order valence-corrected chi connectivity index (χ0v) is 18.0. The maximum Gasteiger partial charge on any atom is 0.200 e. The molecule has 2 aromatic rings. The summed E-state index contributed by atoms with van der Waals surface area (Å²) in [5.74, 6) is 1.77. The van der Waals surface area contributed by atoms with Gasteiger partial charge >= 0.3 is 0 Å². The van der Waals surface area contributed by atoms with E-state index in [2.05, 4.69) is 39.8 Å². The Bertz CT molecular complexity index is 876. The number of hydrogen-bond donors (Lipinski definition) is 1. The standard InChI is InChI=1S/C22H24N3O2S.ClH/c1-26-20-7-8-21-17(12-20)11-19(15-27-21)25-18(14-24-22(25)28)9-10-23-13-16-5-3-2-4-6-16;/h2-8,12,14,19,23H,9-11,13,15H2,1H3;1H/t19-;/m1./s1. The van der Waals surface area contributed by atoms with Crippen molar-refractivity contribution in [3.05, 3.63) is 71.6 Å². The fourth-order valence-corrected chi connectivity index (χ4v) is 3.96. The van der Waals surface area contributed by atoms with Gasteiger partial charge in [-0.1, -0.05) is 30.3 Å². The average molecular weight is 431 g/mol. The normalized spacial score (nSPS) is 17.6. The quantitative estimate of drug-likeness (QED) is 0.536. The number of nitrogens with one attached hydrogen (secondary N) is 1. The lowest BCUT2D eigenvalue weighted by atomic mass is 10.0. The van der Waals surface area contributed by atoms with Gasteiger partial charge in [0.05, 0.1) is 13.2 Å². The third-order valence-corrected chi connectivity index (χ3v) is 5.39. The van der Waals surface area contributed by atoms with Crippen molar-refractivity contribution in [3.8, 4) is 11.5 Å². The van der Waals surface area contributed by atoms with E-state index < -0.39 is 0 Å². The number of hydrogen-bond acceptors (Lipinski definition) is 4. The molecular weight excluding hydrogens is 406 g/mol. The van der Waals surface area contributed by atoms with Crippen LogP contribution in [-0.4, -0.2) is 36.3 Å². The number of benzene rings is 2. The van der Waals surface area contributed by atoms with Crippen molar-refractivity contribution in [2.24, 2.45) is 0 Å². The zero-order chi connectivity index (χ0) is 19.3. The van der Waals surface area contributed by atoms with Crippen LogP contribution in [0.2, 0.25) is 0 Å². The monoisotopic (exact) mass is 430 g/mol. The second kappa shape index (κ2) is 9.96. The molecule has 4 rings (SSSR count). The Morgan fingerprint density at radius 3 is 2.86 bits per heavy atom. The van der Waals surface area contributed by atoms with E-state index in [4.69, 9.17) is 21.7 Å². The van der Waals surface area contributed by atoms with Crippen LogP contribution in [0.3, 0.4) is 0 Å². The average Bonchev–Trinajstić information content (AvgIpc) is 3.11. The van der Waals surface area contributed by atoms with Gasteiger partial charge in [-0.05, 0) is 41.5 Å². The molecule has 2 aliphatic rings. The maximum absolute atomic E-state index is 5.99. The third kappa shape index (κ3) is 5.01. The summed E-state index contributed by atoms with van der Waals surface area (Å²) in [6, 6.07) is 16.5. The van der Waals surface area contributed by atoms with E-state index >= 15 is 0 Å². The van der Waals surface area contributed by atoms with Crippen LogP contribution in [0.5, 0.6) is 11.5 Å². The number of thiocarbonyl (C=S) groups is 1. The predicted molar refractivity (Wildman–Crippen MR) is 121 cm³/mol. The number of nitrogens with zero attached hydrogens (tertiary/aromatic N) is 2. The summed E-state index contributed by atoms with van der Waals surface area (Å²) in [6.45, 7) is 2.33. The van der Waals surface area contributed by atoms with E-state index in [9.17, 15) is 0 Å². The summed E-state index contributed by atoms with van der Waals surface area (Å²) in [7, 11) is 1.68. The van der Waals surface area contributed by atoms with Gasteiger partial charge in [0.1, 0.15) is 18.1 Å². The Balaban J connectivity index is 0.00000240. The number of ether oxygens (including phenoxy) is 2. The SMILES string of the molecule is COc1ccc2c(c1)C[C@@H](N1C(=S)[N]C=C1CCNCc1ccccc1)CO2.Cl. The predicted octanol–water partition coefficient (Wildman–Crippen LogP) is 3.65. The summed E-state index contributed by atoms with van der Waals surface area (Å²) in [5.41, 5.74) is 3.57. The van der Waals surface area contributed by atoms with Crippen LogP contribution in [0, 0.1) is 0 Å². The van der Waals surface area contributed by atoms with E-state index in [1.54, 1.807) is 7.11 Å². The molecule has 1 N–H and O–H groups in total. The number of fused-ring (bicyclic) bond motifs is 1. The summed E-state index contributed by atoms with van der Waals surface area (Å²) in [5, 5.41) is 8.51. The molecule has 5 nitrogen and oxygen atoms in total. The van der Waals surface area contributed by atoms with E-state index in [1.165, 1.54) is 5.56 Å². The molecule has 1 radical (unpaired) electrons.